The maximum Gasteiger partial charge on any atom is 0.339 e. The van der Waals surface area contributed by atoms with Crippen molar-refractivity contribution in [2.24, 2.45) is 0 Å². The first-order valence-corrected chi connectivity index (χ1v) is 8.74. The number of aryl methyl sites for hydroxylation is 2. The lowest BCUT2D eigenvalue weighted by molar-refractivity contribution is -0.385. The number of amides is 2. The Bertz CT molecular complexity index is 950. The molecule has 0 aliphatic heterocycles. The van der Waals surface area contributed by atoms with E-state index in [0.29, 0.717) is 5.69 Å². The van der Waals surface area contributed by atoms with Crippen LogP contribution in [-0.4, -0.2) is 35.9 Å². The van der Waals surface area contributed by atoms with Crippen molar-refractivity contribution >= 4 is 29.2 Å². The van der Waals surface area contributed by atoms with E-state index in [2.05, 4.69) is 10.6 Å². The van der Waals surface area contributed by atoms with Gasteiger partial charge in [-0.1, -0.05) is 24.3 Å². The summed E-state index contributed by atoms with van der Waals surface area (Å²) in [6.45, 7) is 4.23. The molecule has 2 rings (SSSR count). The lowest BCUT2D eigenvalue weighted by atomic mass is 10.1. The second-order valence-corrected chi connectivity index (χ2v) is 6.37. The van der Waals surface area contributed by atoms with E-state index in [1.165, 1.54) is 25.1 Å². The van der Waals surface area contributed by atoms with Crippen molar-refractivity contribution in [1.29, 1.82) is 0 Å². The average Bonchev–Trinajstić information content (AvgIpc) is 2.67. The van der Waals surface area contributed by atoms with Crippen LogP contribution in [0.2, 0.25) is 0 Å². The van der Waals surface area contributed by atoms with Gasteiger partial charge in [-0.05, 0) is 38.0 Å². The van der Waals surface area contributed by atoms with Gasteiger partial charge in [0.2, 0.25) is 5.91 Å². The normalized spacial score (nSPS) is 10.2. The zero-order chi connectivity index (χ0) is 21.6. The molecule has 152 valence electrons. The molecule has 0 spiro atoms. The summed E-state index contributed by atoms with van der Waals surface area (Å²) in [5.41, 5.74) is 2.40. The van der Waals surface area contributed by atoms with Gasteiger partial charge in [-0.3, -0.25) is 19.7 Å². The summed E-state index contributed by atoms with van der Waals surface area (Å²) in [5, 5.41) is 16.0. The van der Waals surface area contributed by atoms with Crippen LogP contribution in [0.1, 0.15) is 27.0 Å². The molecular weight excluding hydrogens is 378 g/mol. The Labute approximate surface area is 167 Å². The Hall–Kier alpha value is -3.75. The molecule has 0 aromatic heterocycles. The van der Waals surface area contributed by atoms with Gasteiger partial charge in [-0.25, -0.2) is 4.79 Å². The highest BCUT2D eigenvalue weighted by atomic mass is 16.6. The number of rotatable bonds is 7. The van der Waals surface area contributed by atoms with E-state index in [1.54, 1.807) is 0 Å². The van der Waals surface area contributed by atoms with Crippen molar-refractivity contribution in [3.8, 4) is 0 Å². The Morgan fingerprint density at radius 2 is 1.62 bits per heavy atom. The molecule has 0 fully saturated rings. The number of ether oxygens (including phenoxy) is 1. The van der Waals surface area contributed by atoms with Gasteiger partial charge in [0.25, 0.3) is 11.6 Å². The number of anilines is 1. The van der Waals surface area contributed by atoms with E-state index in [1.807, 2.05) is 32.0 Å². The van der Waals surface area contributed by atoms with E-state index >= 15 is 0 Å². The number of nitro benzene ring substituents is 1. The minimum atomic E-state index is -0.860. The molecule has 29 heavy (non-hydrogen) atoms. The first-order chi connectivity index (χ1) is 13.7. The van der Waals surface area contributed by atoms with Gasteiger partial charge in [0, 0.05) is 17.3 Å². The summed E-state index contributed by atoms with van der Waals surface area (Å²) in [6.07, 6.45) is 0. The van der Waals surface area contributed by atoms with E-state index in [4.69, 9.17) is 4.74 Å². The smallest absolute Gasteiger partial charge is 0.339 e. The van der Waals surface area contributed by atoms with Crippen molar-refractivity contribution in [2.45, 2.75) is 20.8 Å². The van der Waals surface area contributed by atoms with Crippen molar-refractivity contribution in [2.75, 3.05) is 18.5 Å². The first-order valence-electron chi connectivity index (χ1n) is 8.74. The van der Waals surface area contributed by atoms with Gasteiger partial charge in [-0.15, -0.1) is 0 Å². The van der Waals surface area contributed by atoms with Crippen LogP contribution in [0, 0.1) is 30.9 Å². The Balaban J connectivity index is 1.86. The lowest BCUT2D eigenvalue weighted by Gasteiger charge is -2.12. The minimum absolute atomic E-state index is 0.000212. The standard InChI is InChI=1S/C20H21N3O6/c1-12-6-4-7-13(2)19(12)22-17(24)10-21-18(25)11-29-20(26)15-8-5-9-16(14(15)3)23(27)28/h4-9H,10-11H2,1-3H3,(H,21,25)(H,22,24). The van der Waals surface area contributed by atoms with Crippen LogP contribution in [0.5, 0.6) is 0 Å². The van der Waals surface area contributed by atoms with Gasteiger partial charge in [0.15, 0.2) is 6.61 Å². The van der Waals surface area contributed by atoms with Gasteiger partial charge in [-0.2, -0.15) is 0 Å². The number of carbonyl (C=O) groups is 3. The molecule has 0 unspecified atom stereocenters. The second kappa shape index (κ2) is 9.45. The molecule has 0 saturated heterocycles. The molecule has 0 aliphatic rings. The third kappa shape index (κ3) is 5.61. The Morgan fingerprint density at radius 1 is 1.00 bits per heavy atom. The maximum atomic E-state index is 12.1. The van der Waals surface area contributed by atoms with E-state index in [0.717, 1.165) is 11.1 Å². The molecule has 0 radical (unpaired) electrons. The number of benzene rings is 2. The molecule has 0 saturated carbocycles. The third-order valence-electron chi connectivity index (χ3n) is 4.25. The second-order valence-electron chi connectivity index (χ2n) is 6.37. The summed E-state index contributed by atoms with van der Waals surface area (Å²) in [5.74, 6) is -1.95. The first kappa shape index (κ1) is 21.5. The zero-order valence-electron chi connectivity index (χ0n) is 16.3. The van der Waals surface area contributed by atoms with Gasteiger partial charge < -0.3 is 15.4 Å². The molecule has 2 N–H and O–H groups in total. The van der Waals surface area contributed by atoms with Crippen LogP contribution in [-0.2, 0) is 14.3 Å². The molecule has 2 amide bonds. The third-order valence-corrected chi connectivity index (χ3v) is 4.25. The number of nitro groups is 1. The summed E-state index contributed by atoms with van der Waals surface area (Å²) in [7, 11) is 0. The van der Waals surface area contributed by atoms with Crippen molar-refractivity contribution < 1.29 is 24.0 Å². The number of hydrogen-bond donors (Lipinski definition) is 2. The van der Waals surface area contributed by atoms with Gasteiger partial charge in [0.1, 0.15) is 0 Å². The summed E-state index contributed by atoms with van der Waals surface area (Å²) in [6, 6.07) is 9.60. The van der Waals surface area contributed by atoms with Crippen LogP contribution in [0.4, 0.5) is 11.4 Å². The van der Waals surface area contributed by atoms with Crippen LogP contribution >= 0.6 is 0 Å². The fraction of sp³-hybridized carbons (Fsp3) is 0.250. The number of nitrogens with zero attached hydrogens (tertiary/aromatic N) is 1. The van der Waals surface area contributed by atoms with Crippen LogP contribution < -0.4 is 10.6 Å². The van der Waals surface area contributed by atoms with Gasteiger partial charge in [0.05, 0.1) is 17.0 Å². The number of carbonyl (C=O) groups excluding carboxylic acids is 3. The highest BCUT2D eigenvalue weighted by Gasteiger charge is 2.19. The number of hydrogen-bond acceptors (Lipinski definition) is 6. The Morgan fingerprint density at radius 3 is 2.24 bits per heavy atom. The van der Waals surface area contributed by atoms with Crippen molar-refractivity contribution in [3.63, 3.8) is 0 Å². The zero-order valence-corrected chi connectivity index (χ0v) is 16.3. The van der Waals surface area contributed by atoms with Crippen LogP contribution in [0.25, 0.3) is 0 Å². The number of para-hydroxylation sites is 1. The predicted octanol–water partition coefficient (Wildman–Crippen LogP) is 2.43. The van der Waals surface area contributed by atoms with Crippen LogP contribution in [0.3, 0.4) is 0 Å². The molecule has 0 heterocycles. The Kier molecular flexibility index (Phi) is 7.02. The van der Waals surface area contributed by atoms with E-state index < -0.39 is 29.3 Å². The van der Waals surface area contributed by atoms with Crippen LogP contribution in [0.15, 0.2) is 36.4 Å². The quantitative estimate of drug-likeness (QED) is 0.418. The summed E-state index contributed by atoms with van der Waals surface area (Å²) < 4.78 is 4.89. The highest BCUT2D eigenvalue weighted by molar-refractivity contribution is 5.97. The fourth-order valence-corrected chi connectivity index (χ4v) is 2.68. The molecule has 0 bridgehead atoms. The number of esters is 1. The molecule has 0 atom stereocenters. The van der Waals surface area contributed by atoms with Crippen molar-refractivity contribution in [1.82, 2.24) is 5.32 Å². The average molecular weight is 399 g/mol. The van der Waals surface area contributed by atoms with E-state index in [9.17, 15) is 24.5 Å². The molecule has 9 nitrogen and oxygen atoms in total. The van der Waals surface area contributed by atoms with E-state index in [-0.39, 0.29) is 23.4 Å². The SMILES string of the molecule is Cc1cccc(C)c1NC(=O)CNC(=O)COC(=O)c1cccc([N+](=O)[O-])c1C. The maximum absolute atomic E-state index is 12.1. The highest BCUT2D eigenvalue weighted by Crippen LogP contribution is 2.21. The topological polar surface area (TPSA) is 128 Å². The lowest BCUT2D eigenvalue weighted by Crippen LogP contribution is -2.35. The molecule has 2 aromatic carbocycles. The van der Waals surface area contributed by atoms with Crippen molar-refractivity contribution in [3.05, 3.63) is 68.8 Å². The molecule has 9 heteroatoms. The monoisotopic (exact) mass is 399 g/mol. The molecule has 2 aromatic rings. The summed E-state index contributed by atoms with van der Waals surface area (Å²) >= 11 is 0. The number of nitrogens with one attached hydrogen (secondary N) is 2. The molecular formula is C20H21N3O6. The molecule has 0 aliphatic carbocycles. The predicted molar refractivity (Wildman–Crippen MR) is 106 cm³/mol. The largest absolute Gasteiger partial charge is 0.452 e. The fourth-order valence-electron chi connectivity index (χ4n) is 2.68. The minimum Gasteiger partial charge on any atom is -0.452 e. The summed E-state index contributed by atoms with van der Waals surface area (Å²) in [4.78, 5) is 46.3. The van der Waals surface area contributed by atoms with Gasteiger partial charge >= 0.3 is 5.97 Å².